The summed E-state index contributed by atoms with van der Waals surface area (Å²) in [6.45, 7) is 4.76. The zero-order valence-electron chi connectivity index (χ0n) is 9.36. The summed E-state index contributed by atoms with van der Waals surface area (Å²) in [6, 6.07) is 7.86. The average molecular weight is 206 g/mol. The Bertz CT molecular complexity index is 323. The third-order valence-corrected chi connectivity index (χ3v) is 2.24. The minimum absolute atomic E-state index is 0.108. The Morgan fingerprint density at radius 2 is 2.07 bits per heavy atom. The van der Waals surface area contributed by atoms with Crippen LogP contribution in [0.3, 0.4) is 0 Å². The molecule has 0 aliphatic heterocycles. The summed E-state index contributed by atoms with van der Waals surface area (Å²) in [6.07, 6.45) is 2.85. The van der Waals surface area contributed by atoms with E-state index in [1.165, 1.54) is 0 Å². The maximum Gasteiger partial charge on any atom is 0.126 e. The first-order valence-electron chi connectivity index (χ1n) is 5.34. The normalized spacial score (nSPS) is 11.5. The van der Waals surface area contributed by atoms with Gasteiger partial charge >= 0.3 is 0 Å². The molecule has 1 aromatic rings. The second-order valence-corrected chi connectivity index (χ2v) is 3.29. The highest BCUT2D eigenvalue weighted by Crippen LogP contribution is 2.21. The maximum atomic E-state index is 9.10. The van der Waals surface area contributed by atoms with Crippen LogP contribution in [0.1, 0.15) is 25.8 Å². The van der Waals surface area contributed by atoms with Crippen molar-refractivity contribution in [1.29, 1.82) is 0 Å². The molecule has 2 heteroatoms. The van der Waals surface area contributed by atoms with Gasteiger partial charge in [-0.25, -0.2) is 0 Å². The lowest BCUT2D eigenvalue weighted by molar-refractivity contribution is 0.328. The number of hydrogen-bond acceptors (Lipinski definition) is 2. The van der Waals surface area contributed by atoms with Gasteiger partial charge in [-0.2, -0.15) is 0 Å². The van der Waals surface area contributed by atoms with Gasteiger partial charge in [0.1, 0.15) is 5.75 Å². The Labute approximate surface area is 91.2 Å². The number of ether oxygens (including phenoxy) is 1. The Balaban J connectivity index is 2.96. The second kappa shape index (κ2) is 6.25. The number of para-hydroxylation sites is 1. The van der Waals surface area contributed by atoms with Gasteiger partial charge in [0, 0.05) is 5.56 Å². The van der Waals surface area contributed by atoms with Crippen LogP contribution in [0, 0.1) is 0 Å². The van der Waals surface area contributed by atoms with E-state index >= 15 is 0 Å². The van der Waals surface area contributed by atoms with Crippen molar-refractivity contribution >= 4 is 6.08 Å². The Hall–Kier alpha value is -1.28. The Morgan fingerprint density at radius 3 is 2.67 bits per heavy atom. The van der Waals surface area contributed by atoms with E-state index in [2.05, 4.69) is 0 Å². The maximum absolute atomic E-state index is 9.10. The fourth-order valence-corrected chi connectivity index (χ4v) is 1.37. The van der Waals surface area contributed by atoms with Crippen molar-refractivity contribution in [3.63, 3.8) is 0 Å². The van der Waals surface area contributed by atoms with Crippen molar-refractivity contribution in [3.05, 3.63) is 35.4 Å². The van der Waals surface area contributed by atoms with Crippen LogP contribution in [0.2, 0.25) is 0 Å². The topological polar surface area (TPSA) is 29.5 Å². The number of aliphatic hydroxyl groups is 1. The van der Waals surface area contributed by atoms with Crippen molar-refractivity contribution in [1.82, 2.24) is 0 Å². The molecule has 0 aliphatic carbocycles. The molecule has 1 N–H and O–H groups in total. The van der Waals surface area contributed by atoms with Gasteiger partial charge in [0.25, 0.3) is 0 Å². The van der Waals surface area contributed by atoms with Gasteiger partial charge in [-0.15, -0.1) is 0 Å². The first-order chi connectivity index (χ1) is 7.31. The third kappa shape index (κ3) is 3.40. The van der Waals surface area contributed by atoms with Gasteiger partial charge in [0.05, 0.1) is 13.2 Å². The first kappa shape index (κ1) is 11.8. The van der Waals surface area contributed by atoms with Crippen LogP contribution >= 0.6 is 0 Å². The molecule has 15 heavy (non-hydrogen) atoms. The van der Waals surface area contributed by atoms with E-state index in [1.807, 2.05) is 44.2 Å². The number of hydrogen-bond donors (Lipinski definition) is 1. The minimum atomic E-state index is 0.108. The van der Waals surface area contributed by atoms with Crippen LogP contribution in [-0.2, 0) is 0 Å². The molecule has 0 amide bonds. The highest BCUT2D eigenvalue weighted by molar-refractivity contribution is 5.59. The van der Waals surface area contributed by atoms with Crippen molar-refractivity contribution in [2.45, 2.75) is 20.3 Å². The van der Waals surface area contributed by atoms with Crippen molar-refractivity contribution in [2.24, 2.45) is 0 Å². The van der Waals surface area contributed by atoms with Crippen molar-refractivity contribution < 1.29 is 9.84 Å². The van der Waals surface area contributed by atoms with E-state index in [1.54, 1.807) is 0 Å². The molecule has 0 radical (unpaired) electrons. The summed E-state index contributed by atoms with van der Waals surface area (Å²) in [5.74, 6) is 0.874. The molecular formula is C13H18O2. The molecule has 0 aromatic heterocycles. The van der Waals surface area contributed by atoms with Crippen LogP contribution in [0.15, 0.2) is 29.8 Å². The minimum Gasteiger partial charge on any atom is -0.493 e. The Kier molecular flexibility index (Phi) is 4.91. The summed E-state index contributed by atoms with van der Waals surface area (Å²) in [7, 11) is 0. The van der Waals surface area contributed by atoms with Crippen molar-refractivity contribution in [2.75, 3.05) is 13.2 Å². The highest BCUT2D eigenvalue weighted by Gasteiger charge is 2.00. The lowest BCUT2D eigenvalue weighted by Gasteiger charge is -2.07. The third-order valence-electron chi connectivity index (χ3n) is 2.24. The predicted molar refractivity (Wildman–Crippen MR) is 63.0 cm³/mol. The summed E-state index contributed by atoms with van der Waals surface area (Å²) >= 11 is 0. The van der Waals surface area contributed by atoms with Gasteiger partial charge in [0.15, 0.2) is 0 Å². The Morgan fingerprint density at radius 1 is 1.33 bits per heavy atom. The number of rotatable bonds is 5. The molecule has 0 saturated heterocycles. The first-order valence-corrected chi connectivity index (χ1v) is 5.34. The lowest BCUT2D eigenvalue weighted by Crippen LogP contribution is -1.95. The number of aliphatic hydroxyl groups excluding tert-OH is 1. The molecule has 0 heterocycles. The largest absolute Gasteiger partial charge is 0.493 e. The average Bonchev–Trinajstić information content (AvgIpc) is 2.28. The molecule has 0 atom stereocenters. The second-order valence-electron chi connectivity index (χ2n) is 3.29. The van der Waals surface area contributed by atoms with E-state index in [0.717, 1.165) is 23.3 Å². The molecule has 1 aromatic carbocycles. The van der Waals surface area contributed by atoms with E-state index in [4.69, 9.17) is 9.84 Å². The molecule has 0 unspecified atom stereocenters. The molecule has 0 aliphatic rings. The lowest BCUT2D eigenvalue weighted by atomic mass is 10.1. The molecule has 0 bridgehead atoms. The van der Waals surface area contributed by atoms with Crippen LogP contribution in [0.25, 0.3) is 6.08 Å². The quantitative estimate of drug-likeness (QED) is 0.802. The van der Waals surface area contributed by atoms with Gasteiger partial charge in [-0.05, 0) is 31.1 Å². The number of benzene rings is 1. The summed E-state index contributed by atoms with van der Waals surface area (Å²) in [4.78, 5) is 0. The smallest absolute Gasteiger partial charge is 0.126 e. The van der Waals surface area contributed by atoms with Gasteiger partial charge < -0.3 is 9.84 Å². The molecule has 2 nitrogen and oxygen atoms in total. The zero-order chi connectivity index (χ0) is 11.1. The SMILES string of the molecule is CCOc1ccccc1C=C(CC)CO. The van der Waals surface area contributed by atoms with Crippen LogP contribution < -0.4 is 4.74 Å². The van der Waals surface area contributed by atoms with E-state index < -0.39 is 0 Å². The summed E-state index contributed by atoms with van der Waals surface area (Å²) in [5, 5.41) is 9.10. The zero-order valence-corrected chi connectivity index (χ0v) is 9.36. The van der Waals surface area contributed by atoms with E-state index in [0.29, 0.717) is 6.61 Å². The van der Waals surface area contributed by atoms with E-state index in [-0.39, 0.29) is 6.61 Å². The standard InChI is InChI=1S/C13H18O2/c1-3-11(10-14)9-12-7-5-6-8-13(12)15-4-2/h5-9,14H,3-4,10H2,1-2H3. The molecule has 0 fully saturated rings. The highest BCUT2D eigenvalue weighted by atomic mass is 16.5. The van der Waals surface area contributed by atoms with Gasteiger partial charge in [0.2, 0.25) is 0 Å². The van der Waals surface area contributed by atoms with Gasteiger partial charge in [-0.1, -0.05) is 25.1 Å². The fraction of sp³-hybridized carbons (Fsp3) is 0.385. The van der Waals surface area contributed by atoms with Crippen LogP contribution in [-0.4, -0.2) is 18.3 Å². The fourth-order valence-electron chi connectivity index (χ4n) is 1.37. The van der Waals surface area contributed by atoms with Crippen molar-refractivity contribution in [3.8, 4) is 5.75 Å². The molecule has 0 spiro atoms. The van der Waals surface area contributed by atoms with E-state index in [9.17, 15) is 0 Å². The molecule has 82 valence electrons. The summed E-state index contributed by atoms with van der Waals surface area (Å²) in [5.41, 5.74) is 2.05. The monoisotopic (exact) mass is 206 g/mol. The summed E-state index contributed by atoms with van der Waals surface area (Å²) < 4.78 is 5.50. The molecule has 0 saturated carbocycles. The van der Waals surface area contributed by atoms with Crippen LogP contribution in [0.4, 0.5) is 0 Å². The van der Waals surface area contributed by atoms with Crippen LogP contribution in [0.5, 0.6) is 5.75 Å². The predicted octanol–water partition coefficient (Wildman–Crippen LogP) is 2.87. The van der Waals surface area contributed by atoms with Gasteiger partial charge in [-0.3, -0.25) is 0 Å². The molecular weight excluding hydrogens is 188 g/mol. The molecule has 1 rings (SSSR count).